The summed E-state index contributed by atoms with van der Waals surface area (Å²) < 4.78 is 0. The van der Waals surface area contributed by atoms with Crippen molar-refractivity contribution in [2.45, 2.75) is 56.8 Å². The highest BCUT2D eigenvalue weighted by molar-refractivity contribution is 5.85. The Balaban J connectivity index is 1.01. The lowest BCUT2D eigenvalue weighted by Crippen LogP contribution is -2.56. The average Bonchev–Trinajstić information content (AvgIpc) is 3.48. The molecule has 0 aliphatic heterocycles. The van der Waals surface area contributed by atoms with E-state index in [1.54, 1.807) is 0 Å². The number of hydrogen-bond donors (Lipinski definition) is 0. The molecule has 4 bridgehead atoms. The quantitative estimate of drug-likeness (QED) is 0.153. The standard InChI is InChI=1S/C55H50N2/c1-54(2)52-21-13-12-20-50(52)51-31-30-49(37-53(51)54)57(46-18-10-5-11-19-46)48-28-24-41(25-29-48)55(42-33-38-32-39(35-42)36-43(55)34-38)40-22-26-47(27-23-40)56(44-14-6-3-7-15-44)45-16-8-4-9-17-45/h3-31,37-39,42-43H,32-36H2,1-2H3. The first-order valence-electron chi connectivity index (χ1n) is 21.2. The van der Waals surface area contributed by atoms with E-state index < -0.39 is 0 Å². The summed E-state index contributed by atoms with van der Waals surface area (Å²) >= 11 is 0. The first-order valence-corrected chi connectivity index (χ1v) is 21.2. The third-order valence-corrected chi connectivity index (χ3v) is 14.5. The predicted molar refractivity (Wildman–Crippen MR) is 238 cm³/mol. The van der Waals surface area contributed by atoms with E-state index in [4.69, 9.17) is 0 Å². The molecule has 7 aromatic rings. The minimum atomic E-state index is -0.0607. The Labute approximate surface area is 338 Å². The Morgan fingerprint density at radius 2 is 0.754 bits per heavy atom. The van der Waals surface area contributed by atoms with Gasteiger partial charge in [0.25, 0.3) is 0 Å². The van der Waals surface area contributed by atoms with Crippen LogP contribution in [0.25, 0.3) is 11.1 Å². The van der Waals surface area contributed by atoms with Crippen molar-refractivity contribution in [2.24, 2.45) is 23.7 Å². The van der Waals surface area contributed by atoms with Crippen LogP contribution in [0.1, 0.15) is 68.2 Å². The summed E-state index contributed by atoms with van der Waals surface area (Å²) in [5.74, 6) is 3.09. The van der Waals surface area contributed by atoms with Crippen molar-refractivity contribution in [2.75, 3.05) is 9.80 Å². The Bertz CT molecular complexity index is 2470. The third kappa shape index (κ3) is 5.44. The fourth-order valence-electron chi connectivity index (χ4n) is 12.3. The Kier molecular flexibility index (Phi) is 8.07. The summed E-state index contributed by atoms with van der Waals surface area (Å²) in [6, 6.07) is 68.2. The minimum absolute atomic E-state index is 0.00967. The van der Waals surface area contributed by atoms with Crippen LogP contribution in [0.15, 0.2) is 182 Å². The van der Waals surface area contributed by atoms with Gasteiger partial charge in [-0.1, -0.05) is 123 Å². The first-order chi connectivity index (χ1) is 28.0. The second kappa shape index (κ2) is 13.4. The van der Waals surface area contributed by atoms with Gasteiger partial charge in [-0.2, -0.15) is 0 Å². The van der Waals surface area contributed by atoms with E-state index in [1.165, 1.54) is 99.6 Å². The Hall–Kier alpha value is -5.86. The second-order valence-electron chi connectivity index (χ2n) is 17.8. The molecule has 0 heterocycles. The van der Waals surface area contributed by atoms with Crippen LogP contribution in [0, 0.1) is 23.7 Å². The minimum Gasteiger partial charge on any atom is -0.311 e. The molecular weight excluding hydrogens is 689 g/mol. The molecule has 2 nitrogen and oxygen atoms in total. The summed E-state index contributed by atoms with van der Waals surface area (Å²) in [7, 11) is 0. The zero-order chi connectivity index (χ0) is 38.1. The highest BCUT2D eigenvalue weighted by Crippen LogP contribution is 2.65. The molecule has 0 saturated heterocycles. The molecule has 0 amide bonds. The molecular formula is C55H50N2. The molecule has 2 heteroatoms. The van der Waals surface area contributed by atoms with Crippen molar-refractivity contribution in [3.63, 3.8) is 0 Å². The van der Waals surface area contributed by atoms with Gasteiger partial charge in [0, 0.05) is 45.0 Å². The van der Waals surface area contributed by atoms with Gasteiger partial charge in [0.1, 0.15) is 0 Å². The number of anilines is 6. The van der Waals surface area contributed by atoms with Gasteiger partial charge in [0.05, 0.1) is 0 Å². The first kappa shape index (κ1) is 34.4. The largest absolute Gasteiger partial charge is 0.311 e. The van der Waals surface area contributed by atoms with Gasteiger partial charge in [-0.15, -0.1) is 0 Å². The van der Waals surface area contributed by atoms with E-state index in [0.29, 0.717) is 11.8 Å². The van der Waals surface area contributed by atoms with Crippen molar-refractivity contribution in [1.29, 1.82) is 0 Å². The van der Waals surface area contributed by atoms with Crippen LogP contribution < -0.4 is 9.80 Å². The number of rotatable bonds is 8. The lowest BCUT2D eigenvalue weighted by molar-refractivity contribution is -0.0418. The lowest BCUT2D eigenvalue weighted by Gasteiger charge is -2.62. The smallest absolute Gasteiger partial charge is 0.0465 e. The number of hydrogen-bond acceptors (Lipinski definition) is 2. The number of para-hydroxylation sites is 3. The summed E-state index contributed by atoms with van der Waals surface area (Å²) in [5, 5.41) is 0. The highest BCUT2D eigenvalue weighted by atomic mass is 15.1. The summed E-state index contributed by atoms with van der Waals surface area (Å²) in [6.45, 7) is 4.75. The maximum Gasteiger partial charge on any atom is 0.0465 e. The predicted octanol–water partition coefficient (Wildman–Crippen LogP) is 14.7. The van der Waals surface area contributed by atoms with Gasteiger partial charge in [-0.25, -0.2) is 0 Å². The SMILES string of the molecule is CC1(C)c2ccccc2-c2ccc(N(c3ccccc3)c3ccc(C4(c5ccc(N(c6ccccc6)c6ccccc6)cc5)C5CC6CC(C5)CC4C6)cc3)cc21. The van der Waals surface area contributed by atoms with Crippen LogP contribution in [0.2, 0.25) is 0 Å². The molecule has 0 radical (unpaired) electrons. The van der Waals surface area contributed by atoms with Crippen molar-refractivity contribution < 1.29 is 0 Å². The molecule has 5 aliphatic rings. The number of fused-ring (bicyclic) bond motifs is 3. The zero-order valence-corrected chi connectivity index (χ0v) is 33.1. The molecule has 4 saturated carbocycles. The molecule has 0 aromatic heterocycles. The third-order valence-electron chi connectivity index (χ3n) is 14.5. The average molecular weight is 739 g/mol. The van der Waals surface area contributed by atoms with Crippen LogP contribution in [-0.2, 0) is 10.8 Å². The molecule has 0 atom stereocenters. The number of nitrogens with zero attached hydrogens (tertiary/aromatic N) is 2. The maximum atomic E-state index is 2.51. The fourth-order valence-corrected chi connectivity index (χ4v) is 12.3. The second-order valence-corrected chi connectivity index (χ2v) is 17.8. The van der Waals surface area contributed by atoms with Crippen LogP contribution >= 0.6 is 0 Å². The molecule has 7 aromatic carbocycles. The van der Waals surface area contributed by atoms with Crippen LogP contribution in [-0.4, -0.2) is 0 Å². The van der Waals surface area contributed by atoms with Gasteiger partial charge in [-0.05, 0) is 162 Å². The van der Waals surface area contributed by atoms with Crippen LogP contribution in [0.3, 0.4) is 0 Å². The van der Waals surface area contributed by atoms with Crippen molar-refractivity contribution in [3.05, 3.63) is 204 Å². The molecule has 0 unspecified atom stereocenters. The Morgan fingerprint density at radius 1 is 0.368 bits per heavy atom. The van der Waals surface area contributed by atoms with Gasteiger partial charge in [0.15, 0.2) is 0 Å². The van der Waals surface area contributed by atoms with Crippen LogP contribution in [0.5, 0.6) is 0 Å². The van der Waals surface area contributed by atoms with Gasteiger partial charge in [0.2, 0.25) is 0 Å². The molecule has 5 aliphatic carbocycles. The van der Waals surface area contributed by atoms with E-state index in [0.717, 1.165) is 11.8 Å². The summed E-state index contributed by atoms with van der Waals surface area (Å²) in [6.07, 6.45) is 6.83. The number of benzene rings is 7. The van der Waals surface area contributed by atoms with Crippen molar-refractivity contribution in [1.82, 2.24) is 0 Å². The topological polar surface area (TPSA) is 6.48 Å². The van der Waals surface area contributed by atoms with Gasteiger partial charge >= 0.3 is 0 Å². The molecule has 0 spiro atoms. The van der Waals surface area contributed by atoms with Gasteiger partial charge in [-0.3, -0.25) is 0 Å². The molecule has 0 N–H and O–H groups in total. The van der Waals surface area contributed by atoms with E-state index in [-0.39, 0.29) is 10.8 Å². The van der Waals surface area contributed by atoms with E-state index in [2.05, 4.69) is 206 Å². The Morgan fingerprint density at radius 3 is 1.25 bits per heavy atom. The molecule has 57 heavy (non-hydrogen) atoms. The normalized spacial score (nSPS) is 23.5. The summed E-state index contributed by atoms with van der Waals surface area (Å²) in [5.41, 5.74) is 15.6. The highest BCUT2D eigenvalue weighted by Gasteiger charge is 2.58. The fraction of sp³-hybridized carbons (Fsp3) is 0.236. The van der Waals surface area contributed by atoms with E-state index in [9.17, 15) is 0 Å². The molecule has 12 rings (SSSR count). The maximum absolute atomic E-state index is 2.51. The van der Waals surface area contributed by atoms with Crippen molar-refractivity contribution in [3.8, 4) is 11.1 Å². The van der Waals surface area contributed by atoms with Crippen molar-refractivity contribution >= 4 is 34.1 Å². The summed E-state index contributed by atoms with van der Waals surface area (Å²) in [4.78, 5) is 4.85. The van der Waals surface area contributed by atoms with Crippen LogP contribution in [0.4, 0.5) is 34.1 Å². The zero-order valence-electron chi connectivity index (χ0n) is 33.1. The van der Waals surface area contributed by atoms with E-state index in [1.807, 2.05) is 0 Å². The lowest BCUT2D eigenvalue weighted by atomic mass is 9.42. The molecule has 280 valence electrons. The molecule has 4 fully saturated rings. The van der Waals surface area contributed by atoms with Gasteiger partial charge < -0.3 is 9.80 Å². The monoisotopic (exact) mass is 738 g/mol. The van der Waals surface area contributed by atoms with E-state index >= 15 is 0 Å².